The molecular formula is C16H24N2O. The number of aryl methyl sites for hydroxylation is 2. The van der Waals surface area contributed by atoms with Crippen LogP contribution in [-0.2, 0) is 17.6 Å². The highest BCUT2D eigenvalue weighted by Gasteiger charge is 2.23. The molecule has 0 aromatic heterocycles. The van der Waals surface area contributed by atoms with Gasteiger partial charge in [0.2, 0.25) is 5.91 Å². The highest BCUT2D eigenvalue weighted by molar-refractivity contribution is 5.95. The van der Waals surface area contributed by atoms with Crippen LogP contribution >= 0.6 is 0 Å². The van der Waals surface area contributed by atoms with Gasteiger partial charge in [0.05, 0.1) is 0 Å². The molecule has 0 spiro atoms. The van der Waals surface area contributed by atoms with Crippen LogP contribution in [0.1, 0.15) is 56.3 Å². The third kappa shape index (κ3) is 2.81. The number of carbonyl (C=O) groups is 1. The van der Waals surface area contributed by atoms with E-state index < -0.39 is 0 Å². The quantitative estimate of drug-likeness (QED) is 0.873. The molecule has 1 heterocycles. The van der Waals surface area contributed by atoms with Gasteiger partial charge in [-0.3, -0.25) is 4.79 Å². The first-order valence-corrected chi connectivity index (χ1v) is 7.27. The molecule has 3 nitrogen and oxygen atoms in total. The number of benzene rings is 1. The van der Waals surface area contributed by atoms with Gasteiger partial charge in [-0.2, -0.15) is 0 Å². The number of anilines is 1. The van der Waals surface area contributed by atoms with E-state index in [9.17, 15) is 4.79 Å². The van der Waals surface area contributed by atoms with E-state index in [4.69, 9.17) is 5.73 Å². The zero-order chi connectivity index (χ0) is 14.0. The van der Waals surface area contributed by atoms with Gasteiger partial charge in [0.15, 0.2) is 0 Å². The fraction of sp³-hybridized carbons (Fsp3) is 0.562. The SMILES string of the molecule is CCc1cc2c(c(C(N)C(C)CC)c1)NC(=O)CC2. The molecule has 0 fully saturated rings. The molecule has 0 saturated carbocycles. The van der Waals surface area contributed by atoms with Crippen LogP contribution in [0.2, 0.25) is 0 Å². The Morgan fingerprint density at radius 2 is 2.05 bits per heavy atom. The summed E-state index contributed by atoms with van der Waals surface area (Å²) in [6.45, 7) is 6.47. The van der Waals surface area contributed by atoms with E-state index in [0.29, 0.717) is 12.3 Å². The highest BCUT2D eigenvalue weighted by atomic mass is 16.1. The summed E-state index contributed by atoms with van der Waals surface area (Å²) in [5.41, 5.74) is 11.0. The summed E-state index contributed by atoms with van der Waals surface area (Å²) in [7, 11) is 0. The van der Waals surface area contributed by atoms with Crippen LogP contribution in [-0.4, -0.2) is 5.91 Å². The zero-order valence-electron chi connectivity index (χ0n) is 12.1. The predicted octanol–water partition coefficient (Wildman–Crippen LogP) is 3.18. The molecule has 0 saturated heterocycles. The molecule has 1 aliphatic heterocycles. The summed E-state index contributed by atoms with van der Waals surface area (Å²) in [4.78, 5) is 11.6. The number of carbonyl (C=O) groups excluding carboxylic acids is 1. The first-order valence-electron chi connectivity index (χ1n) is 7.27. The Kier molecular flexibility index (Phi) is 4.25. The average Bonchev–Trinajstić information content (AvgIpc) is 2.44. The maximum absolute atomic E-state index is 11.6. The molecule has 3 N–H and O–H groups in total. The Balaban J connectivity index is 2.48. The Morgan fingerprint density at radius 3 is 2.68 bits per heavy atom. The minimum atomic E-state index is -0.0105. The van der Waals surface area contributed by atoms with Gasteiger partial charge >= 0.3 is 0 Å². The highest BCUT2D eigenvalue weighted by Crippen LogP contribution is 2.35. The Labute approximate surface area is 115 Å². The Hall–Kier alpha value is -1.35. The van der Waals surface area contributed by atoms with Crippen molar-refractivity contribution in [1.29, 1.82) is 0 Å². The van der Waals surface area contributed by atoms with Crippen LogP contribution in [0.4, 0.5) is 5.69 Å². The van der Waals surface area contributed by atoms with Gasteiger partial charge in [-0.15, -0.1) is 0 Å². The molecule has 3 heteroatoms. The molecular weight excluding hydrogens is 236 g/mol. The lowest BCUT2D eigenvalue weighted by Crippen LogP contribution is -2.25. The molecule has 2 unspecified atom stereocenters. The molecule has 2 rings (SSSR count). The molecule has 0 bridgehead atoms. The van der Waals surface area contributed by atoms with E-state index in [1.54, 1.807) is 0 Å². The van der Waals surface area contributed by atoms with Crippen LogP contribution < -0.4 is 11.1 Å². The van der Waals surface area contributed by atoms with Crippen LogP contribution in [0, 0.1) is 5.92 Å². The van der Waals surface area contributed by atoms with Gasteiger partial charge in [0, 0.05) is 18.2 Å². The summed E-state index contributed by atoms with van der Waals surface area (Å²) in [6.07, 6.45) is 3.45. The van der Waals surface area contributed by atoms with Crippen molar-refractivity contribution in [3.63, 3.8) is 0 Å². The van der Waals surface area contributed by atoms with Crippen molar-refractivity contribution < 1.29 is 4.79 Å². The lowest BCUT2D eigenvalue weighted by Gasteiger charge is -2.27. The first-order chi connectivity index (χ1) is 9.06. The van der Waals surface area contributed by atoms with Crippen LogP contribution in [0.5, 0.6) is 0 Å². The second-order valence-corrected chi connectivity index (χ2v) is 5.53. The second kappa shape index (κ2) is 5.74. The van der Waals surface area contributed by atoms with Crippen molar-refractivity contribution in [1.82, 2.24) is 0 Å². The van der Waals surface area contributed by atoms with Gasteiger partial charge < -0.3 is 11.1 Å². The zero-order valence-corrected chi connectivity index (χ0v) is 12.1. The molecule has 104 valence electrons. The number of amides is 1. The molecule has 1 aromatic carbocycles. The van der Waals surface area contributed by atoms with Crippen LogP contribution in [0.25, 0.3) is 0 Å². The summed E-state index contributed by atoms with van der Waals surface area (Å²) >= 11 is 0. The van der Waals surface area contributed by atoms with E-state index in [1.807, 2.05) is 0 Å². The van der Waals surface area contributed by atoms with Crippen molar-refractivity contribution in [2.24, 2.45) is 11.7 Å². The smallest absolute Gasteiger partial charge is 0.224 e. The number of nitrogens with two attached hydrogens (primary N) is 1. The maximum Gasteiger partial charge on any atom is 0.224 e. The van der Waals surface area contributed by atoms with Crippen molar-refractivity contribution in [2.45, 2.75) is 52.5 Å². The third-order valence-electron chi connectivity index (χ3n) is 4.22. The number of fused-ring (bicyclic) bond motifs is 1. The average molecular weight is 260 g/mol. The fourth-order valence-electron chi connectivity index (χ4n) is 2.62. The first kappa shape index (κ1) is 14.1. The molecule has 0 aliphatic carbocycles. The van der Waals surface area contributed by atoms with Gasteiger partial charge in [-0.1, -0.05) is 39.3 Å². The van der Waals surface area contributed by atoms with Crippen molar-refractivity contribution >= 4 is 11.6 Å². The molecule has 1 aliphatic rings. The van der Waals surface area contributed by atoms with E-state index in [2.05, 4.69) is 38.2 Å². The molecule has 1 amide bonds. The minimum Gasteiger partial charge on any atom is -0.326 e. The lowest BCUT2D eigenvalue weighted by molar-refractivity contribution is -0.116. The van der Waals surface area contributed by atoms with Crippen LogP contribution in [0.15, 0.2) is 12.1 Å². The Bertz CT molecular complexity index is 482. The minimum absolute atomic E-state index is 0.0105. The summed E-state index contributed by atoms with van der Waals surface area (Å²) in [6, 6.07) is 4.37. The third-order valence-corrected chi connectivity index (χ3v) is 4.22. The summed E-state index contributed by atoms with van der Waals surface area (Å²) < 4.78 is 0. The molecule has 2 atom stereocenters. The van der Waals surface area contributed by atoms with Gasteiger partial charge in [-0.25, -0.2) is 0 Å². The monoisotopic (exact) mass is 260 g/mol. The van der Waals surface area contributed by atoms with Gasteiger partial charge in [-0.05, 0) is 35.4 Å². The normalized spacial score (nSPS) is 17.6. The second-order valence-electron chi connectivity index (χ2n) is 5.53. The van der Waals surface area contributed by atoms with Crippen LogP contribution in [0.3, 0.4) is 0 Å². The van der Waals surface area contributed by atoms with E-state index in [-0.39, 0.29) is 11.9 Å². The van der Waals surface area contributed by atoms with E-state index in [0.717, 1.165) is 30.5 Å². The number of nitrogens with one attached hydrogen (secondary N) is 1. The molecule has 19 heavy (non-hydrogen) atoms. The summed E-state index contributed by atoms with van der Waals surface area (Å²) in [5.74, 6) is 0.518. The Morgan fingerprint density at radius 1 is 1.32 bits per heavy atom. The van der Waals surface area contributed by atoms with Gasteiger partial charge in [0.25, 0.3) is 0 Å². The maximum atomic E-state index is 11.6. The number of hydrogen-bond donors (Lipinski definition) is 2. The lowest BCUT2D eigenvalue weighted by atomic mass is 9.87. The van der Waals surface area contributed by atoms with Crippen molar-refractivity contribution in [3.05, 3.63) is 28.8 Å². The largest absolute Gasteiger partial charge is 0.326 e. The summed E-state index contributed by atoms with van der Waals surface area (Å²) in [5, 5.41) is 3.02. The predicted molar refractivity (Wildman–Crippen MR) is 79.2 cm³/mol. The van der Waals surface area contributed by atoms with E-state index in [1.165, 1.54) is 11.1 Å². The van der Waals surface area contributed by atoms with Crippen molar-refractivity contribution in [2.75, 3.05) is 5.32 Å². The molecule has 1 aromatic rings. The topological polar surface area (TPSA) is 55.1 Å². The number of rotatable bonds is 4. The van der Waals surface area contributed by atoms with Crippen molar-refractivity contribution in [3.8, 4) is 0 Å². The molecule has 0 radical (unpaired) electrons. The number of hydrogen-bond acceptors (Lipinski definition) is 2. The standard InChI is InChI=1S/C16H24N2O/c1-4-10(3)15(17)13-9-11(5-2)8-12-6-7-14(19)18-16(12)13/h8-10,15H,4-7,17H2,1-3H3,(H,18,19). The van der Waals surface area contributed by atoms with E-state index >= 15 is 0 Å². The fourth-order valence-corrected chi connectivity index (χ4v) is 2.62. The van der Waals surface area contributed by atoms with Gasteiger partial charge in [0.1, 0.15) is 0 Å².